The second-order valence-electron chi connectivity index (χ2n) is 7.87. The monoisotopic (exact) mass is 479 g/mol. The van der Waals surface area contributed by atoms with E-state index in [1.54, 1.807) is 12.1 Å². The van der Waals surface area contributed by atoms with E-state index in [1.165, 1.54) is 18.3 Å². The maximum Gasteiger partial charge on any atom is 0.262 e. The molecule has 2 amide bonds. The molecule has 7 nitrogen and oxygen atoms in total. The molecule has 2 aromatic rings. The zero-order chi connectivity index (χ0) is 22.9. The number of allylic oxidation sites excluding steroid dienone is 1. The minimum Gasteiger partial charge on any atom is -0.484 e. The molecule has 3 aliphatic rings. The van der Waals surface area contributed by atoms with Gasteiger partial charge in [0.05, 0.1) is 33.8 Å². The highest BCUT2D eigenvalue weighted by atomic mass is 35.5. The van der Waals surface area contributed by atoms with Crippen LogP contribution in [0.4, 0.5) is 4.39 Å². The average molecular weight is 480 g/mol. The standard InChI is InChI=1S/C22H20Cl2FN3O4/c23-13-1-2-14(26-9-13)10-27-21(31)22-7-12(8-22)18(6-19(22)29)28-20(30)11-32-15-3-4-16(24)17(25)5-15/h1-5,9,19,29H,6-8,10-11H2,(H,27,31)(H,28,30). The quantitative estimate of drug-likeness (QED) is 0.566. The third-order valence-electron chi connectivity index (χ3n) is 5.74. The fourth-order valence-corrected chi connectivity index (χ4v) is 4.15. The molecule has 5 rings (SSSR count). The van der Waals surface area contributed by atoms with Crippen molar-refractivity contribution in [3.8, 4) is 5.75 Å². The highest BCUT2D eigenvalue weighted by Crippen LogP contribution is 2.54. The number of aromatic nitrogens is 1. The molecule has 0 saturated heterocycles. The van der Waals surface area contributed by atoms with Gasteiger partial charge in [-0.1, -0.05) is 23.2 Å². The third-order valence-corrected chi connectivity index (χ3v) is 6.27. The van der Waals surface area contributed by atoms with Crippen molar-refractivity contribution in [3.05, 3.63) is 69.4 Å². The summed E-state index contributed by atoms with van der Waals surface area (Å²) in [5.74, 6) is -1.14. The lowest BCUT2D eigenvalue weighted by Gasteiger charge is -2.50. The van der Waals surface area contributed by atoms with Gasteiger partial charge in [-0.3, -0.25) is 14.6 Å². The van der Waals surface area contributed by atoms with E-state index in [9.17, 15) is 19.1 Å². The van der Waals surface area contributed by atoms with Crippen molar-refractivity contribution in [2.24, 2.45) is 5.41 Å². The number of amides is 2. The first kappa shape index (κ1) is 22.5. The minimum absolute atomic E-state index is 0.0353. The number of rotatable bonds is 7. The molecule has 1 unspecified atom stereocenters. The zero-order valence-electron chi connectivity index (χ0n) is 16.8. The van der Waals surface area contributed by atoms with E-state index in [0.29, 0.717) is 29.3 Å². The maximum atomic E-state index is 13.5. The number of aliphatic hydroxyl groups is 1. The van der Waals surface area contributed by atoms with E-state index in [4.69, 9.17) is 27.9 Å². The molecule has 1 fully saturated rings. The zero-order valence-corrected chi connectivity index (χ0v) is 18.3. The molecule has 0 aliphatic heterocycles. The normalized spacial score (nSPS) is 21.6. The molecule has 0 spiro atoms. The molecule has 1 atom stereocenters. The summed E-state index contributed by atoms with van der Waals surface area (Å²) in [6.45, 7) is -0.0938. The first-order valence-corrected chi connectivity index (χ1v) is 10.7. The molecular weight excluding hydrogens is 460 g/mol. The molecule has 0 radical (unpaired) electrons. The fraction of sp³-hybridized carbons (Fsp3) is 0.318. The van der Waals surface area contributed by atoms with Crippen molar-refractivity contribution < 1.29 is 23.8 Å². The van der Waals surface area contributed by atoms with E-state index >= 15 is 0 Å². The molecule has 1 aromatic heterocycles. The van der Waals surface area contributed by atoms with Crippen LogP contribution in [0.25, 0.3) is 0 Å². The van der Waals surface area contributed by atoms with Crippen LogP contribution in [-0.2, 0) is 16.1 Å². The summed E-state index contributed by atoms with van der Waals surface area (Å²) in [5, 5.41) is 16.7. The van der Waals surface area contributed by atoms with Gasteiger partial charge in [-0.2, -0.15) is 0 Å². The minimum atomic E-state index is -0.931. The lowest BCUT2D eigenvalue weighted by atomic mass is 9.56. The number of fused-ring (bicyclic) bond motifs is 2. The molecule has 32 heavy (non-hydrogen) atoms. The Morgan fingerprint density at radius 2 is 2.03 bits per heavy atom. The Morgan fingerprint density at radius 3 is 2.69 bits per heavy atom. The lowest BCUT2D eigenvalue weighted by molar-refractivity contribution is -0.144. The van der Waals surface area contributed by atoms with Gasteiger partial charge >= 0.3 is 0 Å². The molecule has 3 N–H and O–H groups in total. The first-order valence-electron chi connectivity index (χ1n) is 9.92. The summed E-state index contributed by atoms with van der Waals surface area (Å²) < 4.78 is 18.7. The van der Waals surface area contributed by atoms with Gasteiger partial charge in [-0.05, 0) is 42.7 Å². The van der Waals surface area contributed by atoms with Crippen molar-refractivity contribution in [3.63, 3.8) is 0 Å². The van der Waals surface area contributed by atoms with Crippen LogP contribution in [0.1, 0.15) is 25.0 Å². The van der Waals surface area contributed by atoms with Gasteiger partial charge in [0.1, 0.15) is 11.6 Å². The number of carbonyl (C=O) groups excluding carboxylic acids is 2. The highest BCUT2D eigenvalue weighted by molar-refractivity contribution is 6.30. The van der Waals surface area contributed by atoms with Gasteiger partial charge in [-0.15, -0.1) is 0 Å². The second-order valence-corrected chi connectivity index (χ2v) is 8.72. The molecule has 3 aliphatic carbocycles. The number of hydrogen-bond acceptors (Lipinski definition) is 5. The van der Waals surface area contributed by atoms with Gasteiger partial charge in [0, 0.05) is 24.4 Å². The third kappa shape index (κ3) is 4.57. The number of benzene rings is 1. The van der Waals surface area contributed by atoms with Gasteiger partial charge in [0.15, 0.2) is 6.61 Å². The van der Waals surface area contributed by atoms with Crippen LogP contribution >= 0.6 is 23.2 Å². The van der Waals surface area contributed by atoms with Crippen molar-refractivity contribution >= 4 is 35.0 Å². The molecule has 1 saturated carbocycles. The maximum absolute atomic E-state index is 13.5. The van der Waals surface area contributed by atoms with Crippen LogP contribution in [0.2, 0.25) is 10.0 Å². The number of nitrogens with one attached hydrogen (secondary N) is 2. The SMILES string of the molecule is O=C(COc1ccc(Cl)c(F)c1)NC1=C2CC(C(=O)NCc3ccc(Cl)cn3)(C2)C(O)C1. The van der Waals surface area contributed by atoms with E-state index < -0.39 is 23.2 Å². The summed E-state index contributed by atoms with van der Waals surface area (Å²) >= 11 is 11.4. The van der Waals surface area contributed by atoms with Crippen molar-refractivity contribution in [1.29, 1.82) is 0 Å². The van der Waals surface area contributed by atoms with Crippen LogP contribution < -0.4 is 15.4 Å². The number of ether oxygens (including phenoxy) is 1. The summed E-state index contributed by atoms with van der Waals surface area (Å²) in [7, 11) is 0. The average Bonchev–Trinajstić information content (AvgIpc) is 2.73. The largest absolute Gasteiger partial charge is 0.484 e. The van der Waals surface area contributed by atoms with E-state index in [1.807, 2.05) is 0 Å². The number of aliphatic hydroxyl groups excluding tert-OH is 1. The van der Waals surface area contributed by atoms with Crippen molar-refractivity contribution in [2.75, 3.05) is 6.61 Å². The number of carbonyl (C=O) groups is 2. The molecule has 1 aromatic carbocycles. The van der Waals surface area contributed by atoms with Crippen LogP contribution in [0.15, 0.2) is 47.8 Å². The van der Waals surface area contributed by atoms with Gasteiger partial charge in [0.2, 0.25) is 5.91 Å². The molecule has 168 valence electrons. The fourth-order valence-electron chi connectivity index (χ4n) is 3.92. The lowest BCUT2D eigenvalue weighted by Crippen LogP contribution is -2.58. The number of nitrogens with zero attached hydrogens (tertiary/aromatic N) is 1. The summed E-state index contributed by atoms with van der Waals surface area (Å²) in [6.07, 6.45) is 1.46. The molecule has 10 heteroatoms. The van der Waals surface area contributed by atoms with E-state index in [-0.39, 0.29) is 36.3 Å². The predicted octanol–water partition coefficient (Wildman–Crippen LogP) is 3.14. The predicted molar refractivity (Wildman–Crippen MR) is 115 cm³/mol. The van der Waals surface area contributed by atoms with Crippen LogP contribution in [0, 0.1) is 11.2 Å². The smallest absolute Gasteiger partial charge is 0.262 e. The number of hydrogen-bond donors (Lipinski definition) is 3. The van der Waals surface area contributed by atoms with Gasteiger partial charge in [0.25, 0.3) is 5.91 Å². The summed E-state index contributed by atoms with van der Waals surface area (Å²) in [5.41, 5.74) is 1.28. The van der Waals surface area contributed by atoms with E-state index in [0.717, 1.165) is 11.6 Å². The van der Waals surface area contributed by atoms with Crippen LogP contribution in [-0.4, -0.2) is 34.6 Å². The molecule has 1 heterocycles. The van der Waals surface area contributed by atoms with Crippen LogP contribution in [0.3, 0.4) is 0 Å². The Labute approximate surface area is 193 Å². The Hall–Kier alpha value is -2.68. The second kappa shape index (κ2) is 9.05. The molecular formula is C22H20Cl2FN3O4. The van der Waals surface area contributed by atoms with Gasteiger partial charge < -0.3 is 20.5 Å². The van der Waals surface area contributed by atoms with E-state index in [2.05, 4.69) is 15.6 Å². The summed E-state index contributed by atoms with van der Waals surface area (Å²) in [6, 6.07) is 7.31. The number of pyridine rings is 1. The Morgan fingerprint density at radius 1 is 1.25 bits per heavy atom. The van der Waals surface area contributed by atoms with Crippen molar-refractivity contribution in [1.82, 2.24) is 15.6 Å². The molecule has 2 bridgehead atoms. The highest BCUT2D eigenvalue weighted by Gasteiger charge is 2.56. The number of halogens is 3. The first-order chi connectivity index (χ1) is 15.3. The Bertz CT molecular complexity index is 1080. The summed E-state index contributed by atoms with van der Waals surface area (Å²) in [4.78, 5) is 29.1. The van der Waals surface area contributed by atoms with Crippen LogP contribution in [0.5, 0.6) is 5.75 Å². The Balaban J connectivity index is 1.30. The Kier molecular flexibility index (Phi) is 6.37. The topological polar surface area (TPSA) is 101 Å². The van der Waals surface area contributed by atoms with Gasteiger partial charge in [-0.25, -0.2) is 4.39 Å². The van der Waals surface area contributed by atoms with Crippen molar-refractivity contribution in [2.45, 2.75) is 31.9 Å².